The van der Waals surface area contributed by atoms with Gasteiger partial charge in [-0.25, -0.2) is 4.79 Å². The lowest BCUT2D eigenvalue weighted by Gasteiger charge is -2.06. The van der Waals surface area contributed by atoms with Gasteiger partial charge in [0.1, 0.15) is 5.00 Å². The number of hydrogen-bond donors (Lipinski definition) is 1. The number of rotatable bonds is 3. The molecule has 0 radical (unpaired) electrons. The fourth-order valence-electron chi connectivity index (χ4n) is 2.44. The van der Waals surface area contributed by atoms with Gasteiger partial charge in [0.25, 0.3) is 5.91 Å². The molecule has 0 spiro atoms. The lowest BCUT2D eigenvalue weighted by atomic mass is 10.1. The Morgan fingerprint density at radius 3 is 2.90 bits per heavy atom. The first-order valence-corrected chi connectivity index (χ1v) is 8.00. The van der Waals surface area contributed by atoms with Crippen LogP contribution in [0, 0.1) is 0 Å². The number of carbonyl (C=O) groups is 2. The highest BCUT2D eigenvalue weighted by Crippen LogP contribution is 2.39. The Bertz CT molecular complexity index is 719. The van der Waals surface area contributed by atoms with Gasteiger partial charge in [-0.05, 0) is 46.8 Å². The van der Waals surface area contributed by atoms with E-state index < -0.39 is 5.97 Å². The Morgan fingerprint density at radius 2 is 2.24 bits per heavy atom. The van der Waals surface area contributed by atoms with Crippen LogP contribution in [0.4, 0.5) is 5.00 Å². The maximum atomic E-state index is 12.2. The molecule has 1 amide bonds. The predicted octanol–water partition coefficient (Wildman–Crippen LogP) is 3.63. The van der Waals surface area contributed by atoms with Crippen LogP contribution < -0.4 is 5.32 Å². The number of nitrogens with one attached hydrogen (secondary N) is 1. The summed E-state index contributed by atoms with van der Waals surface area (Å²) in [6, 6.07) is 1.57. The lowest BCUT2D eigenvalue weighted by molar-refractivity contribution is 0.0601. The van der Waals surface area contributed by atoms with Crippen molar-refractivity contribution in [3.8, 4) is 0 Å². The first kappa shape index (κ1) is 14.3. The Labute approximate surface area is 133 Å². The van der Waals surface area contributed by atoms with Crippen LogP contribution in [0.25, 0.3) is 0 Å². The average molecular weight is 370 g/mol. The molecule has 7 heteroatoms. The van der Waals surface area contributed by atoms with Gasteiger partial charge in [-0.3, -0.25) is 4.79 Å². The molecule has 2 aromatic heterocycles. The van der Waals surface area contributed by atoms with Crippen molar-refractivity contribution in [3.05, 3.63) is 38.6 Å². The molecule has 1 aliphatic carbocycles. The summed E-state index contributed by atoms with van der Waals surface area (Å²) in [4.78, 5) is 25.4. The summed E-state index contributed by atoms with van der Waals surface area (Å²) in [6.07, 6.45) is 4.25. The molecule has 0 aromatic carbocycles. The number of amides is 1. The number of anilines is 1. The molecule has 2 heterocycles. The zero-order valence-corrected chi connectivity index (χ0v) is 13.6. The van der Waals surface area contributed by atoms with E-state index in [2.05, 4.69) is 21.2 Å². The van der Waals surface area contributed by atoms with Crippen LogP contribution in [0.3, 0.4) is 0 Å². The van der Waals surface area contributed by atoms with Gasteiger partial charge in [0, 0.05) is 4.88 Å². The van der Waals surface area contributed by atoms with Gasteiger partial charge < -0.3 is 14.5 Å². The first-order valence-electron chi connectivity index (χ1n) is 6.39. The molecule has 0 saturated heterocycles. The molecule has 0 unspecified atom stereocenters. The van der Waals surface area contributed by atoms with E-state index in [1.165, 1.54) is 24.7 Å². The van der Waals surface area contributed by atoms with Crippen molar-refractivity contribution in [3.63, 3.8) is 0 Å². The minimum atomic E-state index is -0.407. The maximum Gasteiger partial charge on any atom is 0.341 e. The smallest absolute Gasteiger partial charge is 0.341 e. The van der Waals surface area contributed by atoms with E-state index >= 15 is 0 Å². The second-order valence-electron chi connectivity index (χ2n) is 4.62. The number of halogens is 1. The Hall–Kier alpha value is -1.60. The number of esters is 1. The SMILES string of the molecule is COC(=O)c1c(NC(=O)c2ccoc2Br)sc2c1CCC2. The highest BCUT2D eigenvalue weighted by atomic mass is 79.9. The molecule has 0 aliphatic heterocycles. The van der Waals surface area contributed by atoms with Crippen molar-refractivity contribution in [2.45, 2.75) is 19.3 Å². The number of aryl methyl sites for hydroxylation is 1. The minimum absolute atomic E-state index is 0.319. The van der Waals surface area contributed by atoms with E-state index in [4.69, 9.17) is 9.15 Å². The summed E-state index contributed by atoms with van der Waals surface area (Å²) in [6.45, 7) is 0. The highest BCUT2D eigenvalue weighted by molar-refractivity contribution is 9.10. The molecule has 110 valence electrons. The van der Waals surface area contributed by atoms with Crippen LogP contribution in [0.2, 0.25) is 0 Å². The van der Waals surface area contributed by atoms with E-state index in [0.29, 0.717) is 20.8 Å². The fourth-order valence-corrected chi connectivity index (χ4v) is 4.13. The average Bonchev–Trinajstić information content (AvgIpc) is 3.13. The number of ether oxygens (including phenoxy) is 1. The quantitative estimate of drug-likeness (QED) is 0.838. The molecule has 2 aromatic rings. The fraction of sp³-hybridized carbons (Fsp3) is 0.286. The summed E-state index contributed by atoms with van der Waals surface area (Å²) >= 11 is 4.62. The molecule has 3 rings (SSSR count). The minimum Gasteiger partial charge on any atom is -0.465 e. The van der Waals surface area contributed by atoms with Crippen molar-refractivity contribution in [1.82, 2.24) is 0 Å². The Balaban J connectivity index is 1.94. The zero-order valence-electron chi connectivity index (χ0n) is 11.2. The third-order valence-corrected chi connectivity index (χ3v) is 5.22. The van der Waals surface area contributed by atoms with Gasteiger partial charge in [0.15, 0.2) is 4.67 Å². The number of methoxy groups -OCH3 is 1. The lowest BCUT2D eigenvalue weighted by Crippen LogP contribution is -2.14. The molecule has 0 fully saturated rings. The van der Waals surface area contributed by atoms with Gasteiger partial charge >= 0.3 is 5.97 Å². The van der Waals surface area contributed by atoms with Gasteiger partial charge in [0.2, 0.25) is 0 Å². The van der Waals surface area contributed by atoms with Crippen LogP contribution >= 0.6 is 27.3 Å². The first-order chi connectivity index (χ1) is 10.1. The van der Waals surface area contributed by atoms with E-state index in [1.54, 1.807) is 6.07 Å². The molecule has 21 heavy (non-hydrogen) atoms. The van der Waals surface area contributed by atoms with Crippen LogP contribution in [0.5, 0.6) is 0 Å². The monoisotopic (exact) mass is 369 g/mol. The Morgan fingerprint density at radius 1 is 1.43 bits per heavy atom. The summed E-state index contributed by atoms with van der Waals surface area (Å²) in [5.74, 6) is -0.725. The van der Waals surface area contributed by atoms with Gasteiger partial charge in [-0.2, -0.15) is 0 Å². The van der Waals surface area contributed by atoms with E-state index in [9.17, 15) is 9.59 Å². The van der Waals surface area contributed by atoms with E-state index in [1.807, 2.05) is 0 Å². The number of carbonyl (C=O) groups excluding carboxylic acids is 2. The van der Waals surface area contributed by atoms with Gasteiger partial charge in [0.05, 0.1) is 24.5 Å². The highest BCUT2D eigenvalue weighted by Gasteiger charge is 2.28. The van der Waals surface area contributed by atoms with Gasteiger partial charge in [-0.15, -0.1) is 11.3 Å². The predicted molar refractivity (Wildman–Crippen MR) is 82.0 cm³/mol. The molecule has 5 nitrogen and oxygen atoms in total. The second kappa shape index (κ2) is 5.65. The normalized spacial score (nSPS) is 13.0. The third-order valence-electron chi connectivity index (χ3n) is 3.40. The Kier molecular flexibility index (Phi) is 3.86. The van der Waals surface area contributed by atoms with Crippen molar-refractivity contribution >= 4 is 44.1 Å². The standard InChI is InChI=1S/C14H12BrNO4S/c1-19-14(18)10-7-3-2-4-9(7)21-13(10)16-12(17)8-5-6-20-11(8)15/h5-6H,2-4H2,1H3,(H,16,17). The number of fused-ring (bicyclic) bond motifs is 1. The molecular weight excluding hydrogens is 358 g/mol. The summed E-state index contributed by atoms with van der Waals surface area (Å²) in [7, 11) is 1.35. The zero-order chi connectivity index (χ0) is 15.0. The molecular formula is C14H12BrNO4S. The summed E-state index contributed by atoms with van der Waals surface area (Å²) < 4.78 is 10.3. The molecule has 0 saturated carbocycles. The van der Waals surface area contributed by atoms with Crippen molar-refractivity contribution < 1.29 is 18.7 Å². The van der Waals surface area contributed by atoms with Crippen LogP contribution in [0.1, 0.15) is 37.6 Å². The van der Waals surface area contributed by atoms with Gasteiger partial charge in [-0.1, -0.05) is 0 Å². The largest absolute Gasteiger partial charge is 0.465 e. The van der Waals surface area contributed by atoms with Crippen molar-refractivity contribution in [1.29, 1.82) is 0 Å². The second-order valence-corrected chi connectivity index (χ2v) is 6.44. The van der Waals surface area contributed by atoms with Crippen LogP contribution in [-0.4, -0.2) is 19.0 Å². The molecule has 0 atom stereocenters. The topological polar surface area (TPSA) is 68.5 Å². The number of furan rings is 1. The molecule has 1 aliphatic rings. The van der Waals surface area contributed by atoms with Crippen LogP contribution in [-0.2, 0) is 17.6 Å². The summed E-state index contributed by atoms with van der Waals surface area (Å²) in [5.41, 5.74) is 1.88. The van der Waals surface area contributed by atoms with Crippen molar-refractivity contribution in [2.75, 3.05) is 12.4 Å². The molecule has 1 N–H and O–H groups in total. The number of hydrogen-bond acceptors (Lipinski definition) is 5. The summed E-state index contributed by atoms with van der Waals surface area (Å²) in [5, 5.41) is 3.33. The third kappa shape index (κ3) is 2.51. The van der Waals surface area contributed by atoms with E-state index in [0.717, 1.165) is 29.7 Å². The van der Waals surface area contributed by atoms with Crippen LogP contribution in [0.15, 0.2) is 21.4 Å². The number of thiophene rings is 1. The molecule has 0 bridgehead atoms. The van der Waals surface area contributed by atoms with E-state index in [-0.39, 0.29) is 5.91 Å². The maximum absolute atomic E-state index is 12.2. The van der Waals surface area contributed by atoms with Crippen molar-refractivity contribution in [2.24, 2.45) is 0 Å².